The topological polar surface area (TPSA) is 44.5 Å². The van der Waals surface area contributed by atoms with Crippen LogP contribution >= 0.6 is 11.8 Å². The smallest absolute Gasteiger partial charge is 0.120 e. The lowest BCUT2D eigenvalue weighted by atomic mass is 10.2. The number of hydrogen-bond acceptors (Lipinski definition) is 4. The number of anilines is 1. The number of hydrogen-bond donors (Lipinski definition) is 1. The van der Waals surface area contributed by atoms with Crippen molar-refractivity contribution in [3.05, 3.63) is 48.0 Å². The van der Waals surface area contributed by atoms with Crippen LogP contribution in [0.15, 0.2) is 47.4 Å². The van der Waals surface area contributed by atoms with Crippen molar-refractivity contribution in [1.82, 2.24) is 0 Å². The second kappa shape index (κ2) is 7.10. The molecular weight excluding hydrogens is 270 g/mol. The highest BCUT2D eigenvalue weighted by Crippen LogP contribution is 2.31. The SMILES string of the molecule is CCOc1ccc(N)c(SCc2ccc(OC)cc2)c1. The van der Waals surface area contributed by atoms with E-state index in [1.807, 2.05) is 37.3 Å². The maximum Gasteiger partial charge on any atom is 0.120 e. The molecule has 0 saturated carbocycles. The Balaban J connectivity index is 2.03. The maximum atomic E-state index is 6.00. The second-order valence-electron chi connectivity index (χ2n) is 4.27. The molecule has 2 aromatic rings. The van der Waals surface area contributed by atoms with E-state index in [4.69, 9.17) is 15.2 Å². The zero-order valence-corrected chi connectivity index (χ0v) is 12.6. The zero-order valence-electron chi connectivity index (χ0n) is 11.8. The molecule has 0 atom stereocenters. The van der Waals surface area contributed by atoms with Crippen LogP contribution in [0.3, 0.4) is 0 Å². The molecule has 2 N–H and O–H groups in total. The number of ether oxygens (including phenoxy) is 2. The molecule has 0 spiro atoms. The first-order valence-electron chi connectivity index (χ1n) is 6.51. The van der Waals surface area contributed by atoms with E-state index in [0.717, 1.165) is 27.8 Å². The quantitative estimate of drug-likeness (QED) is 0.645. The van der Waals surface area contributed by atoms with Gasteiger partial charge >= 0.3 is 0 Å². The van der Waals surface area contributed by atoms with Crippen LogP contribution in [0.25, 0.3) is 0 Å². The summed E-state index contributed by atoms with van der Waals surface area (Å²) < 4.78 is 10.6. The van der Waals surface area contributed by atoms with Crippen LogP contribution in [0.2, 0.25) is 0 Å². The van der Waals surface area contributed by atoms with Gasteiger partial charge in [-0.2, -0.15) is 0 Å². The molecule has 0 fully saturated rings. The third-order valence-electron chi connectivity index (χ3n) is 2.85. The summed E-state index contributed by atoms with van der Waals surface area (Å²) >= 11 is 1.71. The number of benzene rings is 2. The molecular formula is C16H19NO2S. The summed E-state index contributed by atoms with van der Waals surface area (Å²) in [5, 5.41) is 0. The molecule has 0 saturated heterocycles. The second-order valence-corrected chi connectivity index (χ2v) is 5.29. The van der Waals surface area contributed by atoms with Crippen LogP contribution in [0.1, 0.15) is 12.5 Å². The van der Waals surface area contributed by atoms with Crippen molar-refractivity contribution in [2.75, 3.05) is 19.5 Å². The van der Waals surface area contributed by atoms with Gasteiger partial charge in [0.1, 0.15) is 11.5 Å². The van der Waals surface area contributed by atoms with Crippen molar-refractivity contribution in [2.45, 2.75) is 17.6 Å². The summed E-state index contributed by atoms with van der Waals surface area (Å²) in [5.74, 6) is 2.60. The third kappa shape index (κ3) is 3.84. The Kier molecular flexibility index (Phi) is 5.18. The van der Waals surface area contributed by atoms with Crippen molar-refractivity contribution in [3.8, 4) is 11.5 Å². The van der Waals surface area contributed by atoms with Crippen LogP contribution in [0, 0.1) is 0 Å². The van der Waals surface area contributed by atoms with E-state index in [1.54, 1.807) is 18.9 Å². The van der Waals surface area contributed by atoms with E-state index in [2.05, 4.69) is 12.1 Å². The molecule has 4 heteroatoms. The Morgan fingerprint density at radius 2 is 1.75 bits per heavy atom. The van der Waals surface area contributed by atoms with Gasteiger partial charge in [-0.15, -0.1) is 11.8 Å². The molecule has 0 aliphatic rings. The largest absolute Gasteiger partial charge is 0.497 e. The molecule has 0 aliphatic heterocycles. The number of methoxy groups -OCH3 is 1. The van der Waals surface area contributed by atoms with Gasteiger partial charge in [-0.3, -0.25) is 0 Å². The predicted octanol–water partition coefficient (Wildman–Crippen LogP) is 3.97. The third-order valence-corrected chi connectivity index (χ3v) is 3.99. The highest BCUT2D eigenvalue weighted by Gasteiger charge is 2.04. The van der Waals surface area contributed by atoms with Gasteiger partial charge in [-0.05, 0) is 42.8 Å². The molecule has 0 aliphatic carbocycles. The minimum atomic E-state index is 0.659. The highest BCUT2D eigenvalue weighted by molar-refractivity contribution is 7.98. The highest BCUT2D eigenvalue weighted by atomic mass is 32.2. The standard InChI is InChI=1S/C16H19NO2S/c1-3-19-14-8-9-15(17)16(10-14)20-11-12-4-6-13(18-2)7-5-12/h4-10H,3,11,17H2,1-2H3. The molecule has 0 amide bonds. The Hall–Kier alpha value is -1.81. The van der Waals surface area contributed by atoms with E-state index >= 15 is 0 Å². The van der Waals surface area contributed by atoms with Gasteiger partial charge in [0.25, 0.3) is 0 Å². The van der Waals surface area contributed by atoms with Gasteiger partial charge in [0, 0.05) is 16.3 Å². The molecule has 2 rings (SSSR count). The minimum absolute atomic E-state index is 0.659. The molecule has 0 unspecified atom stereocenters. The summed E-state index contributed by atoms with van der Waals surface area (Å²) in [5.41, 5.74) is 8.02. The average molecular weight is 289 g/mol. The fourth-order valence-electron chi connectivity index (χ4n) is 1.78. The first kappa shape index (κ1) is 14.6. The lowest BCUT2D eigenvalue weighted by Gasteiger charge is -2.09. The Labute approximate surface area is 124 Å². The molecule has 20 heavy (non-hydrogen) atoms. The maximum absolute atomic E-state index is 6.00. The summed E-state index contributed by atoms with van der Waals surface area (Å²) in [6.07, 6.45) is 0. The van der Waals surface area contributed by atoms with E-state index < -0.39 is 0 Å². The molecule has 0 aromatic heterocycles. The summed E-state index contributed by atoms with van der Waals surface area (Å²) in [4.78, 5) is 1.05. The molecule has 106 valence electrons. The number of thioether (sulfide) groups is 1. The first-order valence-corrected chi connectivity index (χ1v) is 7.49. The van der Waals surface area contributed by atoms with Gasteiger partial charge < -0.3 is 15.2 Å². The first-order chi connectivity index (χ1) is 9.72. The van der Waals surface area contributed by atoms with Crippen LogP contribution in [-0.4, -0.2) is 13.7 Å². The summed E-state index contributed by atoms with van der Waals surface area (Å²) in [6, 6.07) is 13.8. The Bertz CT molecular complexity index is 555. The monoisotopic (exact) mass is 289 g/mol. The van der Waals surface area contributed by atoms with E-state index in [9.17, 15) is 0 Å². The van der Waals surface area contributed by atoms with Crippen molar-refractivity contribution in [3.63, 3.8) is 0 Å². The van der Waals surface area contributed by atoms with Gasteiger partial charge in [-0.1, -0.05) is 12.1 Å². The molecule has 2 aromatic carbocycles. The number of rotatable bonds is 6. The minimum Gasteiger partial charge on any atom is -0.497 e. The van der Waals surface area contributed by atoms with Gasteiger partial charge in [0.2, 0.25) is 0 Å². The number of nitrogen functional groups attached to an aromatic ring is 1. The van der Waals surface area contributed by atoms with Crippen LogP contribution in [-0.2, 0) is 5.75 Å². The molecule has 0 bridgehead atoms. The van der Waals surface area contributed by atoms with Crippen molar-refractivity contribution >= 4 is 17.4 Å². The van der Waals surface area contributed by atoms with Gasteiger partial charge in [0.15, 0.2) is 0 Å². The predicted molar refractivity (Wildman–Crippen MR) is 84.6 cm³/mol. The van der Waals surface area contributed by atoms with Crippen LogP contribution in [0.4, 0.5) is 5.69 Å². The van der Waals surface area contributed by atoms with E-state index in [0.29, 0.717) is 6.61 Å². The lowest BCUT2D eigenvalue weighted by Crippen LogP contribution is -1.94. The van der Waals surface area contributed by atoms with Gasteiger partial charge in [-0.25, -0.2) is 0 Å². The summed E-state index contributed by atoms with van der Waals surface area (Å²) in [7, 11) is 1.67. The van der Waals surface area contributed by atoms with Crippen molar-refractivity contribution < 1.29 is 9.47 Å². The summed E-state index contributed by atoms with van der Waals surface area (Å²) in [6.45, 7) is 2.63. The van der Waals surface area contributed by atoms with E-state index in [-0.39, 0.29) is 0 Å². The molecule has 0 radical (unpaired) electrons. The van der Waals surface area contributed by atoms with Crippen LogP contribution in [0.5, 0.6) is 11.5 Å². The zero-order chi connectivity index (χ0) is 14.4. The fraction of sp³-hybridized carbons (Fsp3) is 0.250. The average Bonchev–Trinajstić information content (AvgIpc) is 2.48. The Morgan fingerprint density at radius 3 is 2.40 bits per heavy atom. The molecule has 3 nitrogen and oxygen atoms in total. The Morgan fingerprint density at radius 1 is 1.05 bits per heavy atom. The van der Waals surface area contributed by atoms with Crippen molar-refractivity contribution in [1.29, 1.82) is 0 Å². The van der Waals surface area contributed by atoms with Gasteiger partial charge in [0.05, 0.1) is 13.7 Å². The van der Waals surface area contributed by atoms with E-state index in [1.165, 1.54) is 5.56 Å². The number of nitrogens with two attached hydrogens (primary N) is 1. The lowest BCUT2D eigenvalue weighted by molar-refractivity contribution is 0.339. The normalized spacial score (nSPS) is 10.3. The molecule has 0 heterocycles. The van der Waals surface area contributed by atoms with Crippen LogP contribution < -0.4 is 15.2 Å². The van der Waals surface area contributed by atoms with Crippen molar-refractivity contribution in [2.24, 2.45) is 0 Å². The fourth-order valence-corrected chi connectivity index (χ4v) is 2.73.